The molecule has 198 valence electrons. The molecule has 9 nitrogen and oxygen atoms in total. The van der Waals surface area contributed by atoms with E-state index in [-0.39, 0.29) is 30.8 Å². The number of hydrogen-bond acceptors (Lipinski definition) is 8. The fraction of sp³-hybridized carbons (Fsp3) is 0.357. The molecule has 3 N–H and O–H groups in total. The first-order chi connectivity index (χ1) is 18.0. The summed E-state index contributed by atoms with van der Waals surface area (Å²) in [6.07, 6.45) is -1.64. The normalized spacial score (nSPS) is 18.4. The lowest BCUT2D eigenvalue weighted by molar-refractivity contribution is -0.143. The highest BCUT2D eigenvalue weighted by atomic mass is 19.1. The van der Waals surface area contributed by atoms with Gasteiger partial charge < -0.3 is 25.2 Å². The largest absolute Gasteiger partial charge is 0.486 e. The number of aliphatic hydroxyl groups is 2. The zero-order chi connectivity index (χ0) is 27.4. The molecule has 38 heavy (non-hydrogen) atoms. The van der Waals surface area contributed by atoms with Crippen LogP contribution in [0.2, 0.25) is 0 Å². The summed E-state index contributed by atoms with van der Waals surface area (Å²) < 4.78 is 20.6. The summed E-state index contributed by atoms with van der Waals surface area (Å²) in [4.78, 5) is 22.1. The Labute approximate surface area is 220 Å². The van der Waals surface area contributed by atoms with Gasteiger partial charge in [-0.05, 0) is 62.7 Å². The Hall–Kier alpha value is -4.07. The van der Waals surface area contributed by atoms with Gasteiger partial charge in [0.1, 0.15) is 29.8 Å². The number of alkyl halides is 1. The highest BCUT2D eigenvalue weighted by molar-refractivity contribution is 5.80. The fourth-order valence-corrected chi connectivity index (χ4v) is 4.20. The Bertz CT molecular complexity index is 1350. The van der Waals surface area contributed by atoms with Gasteiger partial charge in [-0.1, -0.05) is 12.1 Å². The van der Waals surface area contributed by atoms with Crippen molar-refractivity contribution in [1.29, 1.82) is 5.26 Å². The maximum Gasteiger partial charge on any atom is 0.251 e. The predicted octanol–water partition coefficient (Wildman–Crippen LogP) is 3.68. The van der Waals surface area contributed by atoms with Crippen molar-refractivity contribution >= 4 is 17.4 Å². The first-order valence-electron chi connectivity index (χ1n) is 12.3. The van der Waals surface area contributed by atoms with Crippen LogP contribution < -0.4 is 10.1 Å². The number of nitrogens with zero attached hydrogens (tertiary/aromatic N) is 4. The molecule has 1 aromatic heterocycles. The lowest BCUT2D eigenvalue weighted by Crippen LogP contribution is -2.51. The zero-order valence-electron chi connectivity index (χ0n) is 21.4. The number of likely N-dealkylation sites (tertiary alicyclic amines) is 1. The molecule has 0 bridgehead atoms. The Morgan fingerprint density at radius 3 is 2.76 bits per heavy atom. The molecule has 1 aliphatic rings. The number of piperidine rings is 1. The minimum Gasteiger partial charge on any atom is -0.486 e. The number of aliphatic hydroxyl groups excluding tert-OH is 1. The first-order valence-corrected chi connectivity index (χ1v) is 12.3. The van der Waals surface area contributed by atoms with E-state index in [1.807, 2.05) is 24.3 Å². The lowest BCUT2D eigenvalue weighted by atomic mass is 9.98. The van der Waals surface area contributed by atoms with Crippen molar-refractivity contribution in [1.82, 2.24) is 14.9 Å². The van der Waals surface area contributed by atoms with Crippen molar-refractivity contribution in [3.63, 3.8) is 0 Å². The molecule has 2 heterocycles. The molecule has 0 spiro atoms. The van der Waals surface area contributed by atoms with Gasteiger partial charge >= 0.3 is 0 Å². The van der Waals surface area contributed by atoms with Gasteiger partial charge in [0.25, 0.3) is 5.91 Å². The fourth-order valence-electron chi connectivity index (χ4n) is 4.20. The molecular weight excluding hydrogens is 489 g/mol. The number of carbonyl (C=O) groups excluding carboxylic acids is 1. The molecule has 2 aromatic carbocycles. The minimum atomic E-state index is -1.46. The van der Waals surface area contributed by atoms with Crippen LogP contribution in [0.1, 0.15) is 38.3 Å². The number of halogens is 1. The molecule has 4 rings (SSSR count). The van der Waals surface area contributed by atoms with E-state index in [2.05, 4.69) is 21.4 Å². The van der Waals surface area contributed by atoms with Crippen molar-refractivity contribution in [2.45, 2.75) is 51.2 Å². The second-order valence-corrected chi connectivity index (χ2v) is 9.77. The topological polar surface area (TPSA) is 132 Å². The van der Waals surface area contributed by atoms with Crippen LogP contribution in [0, 0.1) is 11.3 Å². The summed E-state index contributed by atoms with van der Waals surface area (Å²) in [6, 6.07) is 16.0. The summed E-state index contributed by atoms with van der Waals surface area (Å²) >= 11 is 0. The number of anilines is 2. The molecule has 0 saturated carbocycles. The van der Waals surface area contributed by atoms with Gasteiger partial charge in [0.2, 0.25) is 0 Å². The number of carbonyl (C=O) groups is 1. The number of nitrogens with one attached hydrogen (secondary N) is 1. The van der Waals surface area contributed by atoms with Crippen molar-refractivity contribution in [3.05, 3.63) is 65.9 Å². The average molecular weight is 520 g/mol. The molecule has 0 radical (unpaired) electrons. The van der Waals surface area contributed by atoms with E-state index in [1.54, 1.807) is 44.3 Å². The van der Waals surface area contributed by atoms with Gasteiger partial charge in [0.05, 0.1) is 17.7 Å². The third-order valence-electron chi connectivity index (χ3n) is 6.28. The Kier molecular flexibility index (Phi) is 7.90. The van der Waals surface area contributed by atoms with Crippen molar-refractivity contribution < 1.29 is 24.1 Å². The van der Waals surface area contributed by atoms with Crippen LogP contribution in [0.5, 0.6) is 5.75 Å². The van der Waals surface area contributed by atoms with Crippen LogP contribution in [-0.2, 0) is 10.4 Å². The highest BCUT2D eigenvalue weighted by Gasteiger charge is 2.34. The molecule has 3 atom stereocenters. The van der Waals surface area contributed by atoms with E-state index in [0.29, 0.717) is 17.2 Å². The van der Waals surface area contributed by atoms with Crippen LogP contribution in [0.25, 0.3) is 11.4 Å². The highest BCUT2D eigenvalue weighted by Crippen LogP contribution is 2.29. The van der Waals surface area contributed by atoms with Crippen LogP contribution in [-0.4, -0.2) is 62.5 Å². The van der Waals surface area contributed by atoms with E-state index in [4.69, 9.17) is 4.74 Å². The van der Waals surface area contributed by atoms with E-state index >= 15 is 0 Å². The molecule has 3 aromatic rings. The number of nitriles is 1. The number of ether oxygens (including phenoxy) is 1. The SMILES string of the molecule is C[C@H](O)C(=O)N1CC[C@H](Oc2ccc(-c3nccc(Nc4cccc(C(C)(C)O)c4)n3)cc2C#N)[C@H](F)C1. The van der Waals surface area contributed by atoms with Gasteiger partial charge in [-0.25, -0.2) is 14.4 Å². The monoisotopic (exact) mass is 519 g/mol. The van der Waals surface area contributed by atoms with Crippen LogP contribution in [0.3, 0.4) is 0 Å². The summed E-state index contributed by atoms with van der Waals surface area (Å²) in [7, 11) is 0. The average Bonchev–Trinajstić information content (AvgIpc) is 2.89. The van der Waals surface area contributed by atoms with Gasteiger partial charge in [-0.3, -0.25) is 4.79 Å². The van der Waals surface area contributed by atoms with Gasteiger partial charge in [0.15, 0.2) is 12.0 Å². The number of hydrogen-bond donors (Lipinski definition) is 3. The summed E-state index contributed by atoms with van der Waals surface area (Å²) in [5.74, 6) is 0.622. The maximum atomic E-state index is 14.8. The second kappa shape index (κ2) is 11.1. The van der Waals surface area contributed by atoms with Gasteiger partial charge in [-0.2, -0.15) is 5.26 Å². The minimum absolute atomic E-state index is 0.180. The van der Waals surface area contributed by atoms with Crippen LogP contribution in [0.4, 0.5) is 15.9 Å². The van der Waals surface area contributed by atoms with Crippen LogP contribution in [0.15, 0.2) is 54.7 Å². The number of amides is 1. The molecule has 1 amide bonds. The standard InChI is InChI=1S/C28H30FN5O4/c1-17(35)27(36)34-12-10-24(22(29)16-34)38-23-8-7-18(13-19(23)15-30)26-31-11-9-25(33-26)32-21-6-4-5-20(14-21)28(2,3)37/h4-9,11,13-14,17,22,24,35,37H,10,12,16H2,1-3H3,(H,31,32,33)/t17-,22+,24-/m0/s1. The summed E-state index contributed by atoms with van der Waals surface area (Å²) in [5.41, 5.74) is 1.30. The Morgan fingerprint density at radius 2 is 2.08 bits per heavy atom. The summed E-state index contributed by atoms with van der Waals surface area (Å²) in [6.45, 7) is 4.85. The summed E-state index contributed by atoms with van der Waals surface area (Å²) in [5, 5.41) is 32.7. The lowest BCUT2D eigenvalue weighted by Gasteiger charge is -2.35. The molecule has 1 aliphatic heterocycles. The number of aromatic nitrogens is 2. The van der Waals surface area contributed by atoms with Crippen LogP contribution >= 0.6 is 0 Å². The van der Waals surface area contributed by atoms with Gasteiger partial charge in [0, 0.05) is 30.4 Å². The Balaban J connectivity index is 1.49. The molecule has 1 saturated heterocycles. The van der Waals surface area contributed by atoms with Gasteiger partial charge in [-0.15, -0.1) is 0 Å². The van der Waals surface area contributed by atoms with Crippen molar-refractivity contribution in [3.8, 4) is 23.2 Å². The quantitative estimate of drug-likeness (QED) is 0.431. The molecule has 0 unspecified atom stereocenters. The number of benzene rings is 2. The number of rotatable bonds is 7. The second-order valence-electron chi connectivity index (χ2n) is 9.77. The van der Waals surface area contributed by atoms with E-state index in [0.717, 1.165) is 11.3 Å². The van der Waals surface area contributed by atoms with E-state index < -0.39 is 29.9 Å². The third kappa shape index (κ3) is 6.25. The molecule has 0 aliphatic carbocycles. The van der Waals surface area contributed by atoms with E-state index in [1.165, 1.54) is 11.8 Å². The van der Waals surface area contributed by atoms with Crippen molar-refractivity contribution in [2.24, 2.45) is 0 Å². The van der Waals surface area contributed by atoms with E-state index in [9.17, 15) is 24.7 Å². The maximum absolute atomic E-state index is 14.8. The third-order valence-corrected chi connectivity index (χ3v) is 6.28. The zero-order valence-corrected chi connectivity index (χ0v) is 21.4. The predicted molar refractivity (Wildman–Crippen MR) is 139 cm³/mol. The molecule has 1 fully saturated rings. The van der Waals surface area contributed by atoms with Crippen molar-refractivity contribution in [2.75, 3.05) is 18.4 Å². The molecular formula is C28H30FN5O4. The Morgan fingerprint density at radius 1 is 1.29 bits per heavy atom. The molecule has 10 heteroatoms. The smallest absolute Gasteiger partial charge is 0.251 e. The first kappa shape index (κ1) is 27.0.